The fraction of sp³-hybridized carbons (Fsp3) is 0.500. The van der Waals surface area contributed by atoms with Gasteiger partial charge in [0.2, 0.25) is 0 Å². The van der Waals surface area contributed by atoms with Crippen molar-refractivity contribution < 1.29 is 35.5 Å². The molecule has 0 radical (unpaired) electrons. The van der Waals surface area contributed by atoms with E-state index in [-0.39, 0.29) is 59.5 Å². The molecule has 1 saturated carbocycles. The van der Waals surface area contributed by atoms with Gasteiger partial charge in [-0.1, -0.05) is 18.0 Å². The highest BCUT2D eigenvalue weighted by Crippen LogP contribution is 2.49. The fourth-order valence-corrected chi connectivity index (χ4v) is 7.70. The van der Waals surface area contributed by atoms with Crippen LogP contribution >= 0.6 is 11.6 Å². The average Bonchev–Trinajstić information content (AvgIpc) is 3.30. The monoisotopic (exact) mass is 656 g/mol. The number of anilines is 2. The molecular weight excluding hydrogens is 629 g/mol. The third-order valence-electron chi connectivity index (χ3n) is 9.55. The number of nitrogens with two attached hydrogens (primary N) is 1. The number of nitrogens with zero attached hydrogens (tertiary/aromatic N) is 5. The van der Waals surface area contributed by atoms with Crippen molar-refractivity contribution in [2.24, 2.45) is 5.92 Å². The van der Waals surface area contributed by atoms with E-state index in [4.69, 9.17) is 22.1 Å². The van der Waals surface area contributed by atoms with Crippen molar-refractivity contribution in [3.8, 4) is 17.3 Å². The molecule has 1 aliphatic carbocycles. The van der Waals surface area contributed by atoms with E-state index in [9.17, 15) is 26.3 Å². The van der Waals surface area contributed by atoms with Gasteiger partial charge in [0.1, 0.15) is 29.8 Å². The summed E-state index contributed by atoms with van der Waals surface area (Å²) in [4.78, 5) is 16.5. The van der Waals surface area contributed by atoms with Gasteiger partial charge in [0.05, 0.1) is 27.6 Å². The van der Waals surface area contributed by atoms with Crippen LogP contribution in [0.1, 0.15) is 44.1 Å². The number of halogens is 8. The molecule has 45 heavy (non-hydrogen) atoms. The zero-order chi connectivity index (χ0) is 31.8. The summed E-state index contributed by atoms with van der Waals surface area (Å²) in [5.74, 6) is -1.28. The number of nitrogen functional groups attached to an aromatic ring is 1. The third kappa shape index (κ3) is 5.13. The van der Waals surface area contributed by atoms with Crippen LogP contribution in [0.25, 0.3) is 22.2 Å². The lowest BCUT2D eigenvalue weighted by Crippen LogP contribution is -2.43. The molecule has 3 aliphatic heterocycles. The molecule has 3 aromatic rings. The minimum Gasteiger partial charge on any atom is -0.461 e. The largest absolute Gasteiger partial charge is 0.461 e. The van der Waals surface area contributed by atoms with Crippen molar-refractivity contribution in [2.45, 2.75) is 62.5 Å². The molecule has 5 heterocycles. The Labute approximate surface area is 258 Å². The smallest absolute Gasteiger partial charge is 0.418 e. The highest BCUT2D eigenvalue weighted by Gasteiger charge is 2.56. The van der Waals surface area contributed by atoms with Crippen LogP contribution in [0.4, 0.5) is 42.2 Å². The first-order valence-electron chi connectivity index (χ1n) is 14.7. The van der Waals surface area contributed by atoms with Crippen LogP contribution in [0.5, 0.6) is 6.01 Å². The number of hydrogen-bond acceptors (Lipinski definition) is 7. The lowest BCUT2D eigenvalue weighted by molar-refractivity contribution is -0.137. The Morgan fingerprint density at radius 1 is 1.13 bits per heavy atom. The molecule has 2 N–H and O–H groups in total. The molecule has 0 bridgehead atoms. The highest BCUT2D eigenvalue weighted by molar-refractivity contribution is 6.32. The Hall–Kier alpha value is -3.39. The molecule has 4 aliphatic rings. The maximum Gasteiger partial charge on any atom is 0.418 e. The van der Waals surface area contributed by atoms with Gasteiger partial charge in [-0.15, -0.1) is 0 Å². The SMILES string of the molecule is Nc1cc(Cl)c(C(F)(F)F)c(-c2ncc3c(N4CCCC[C@@H]5[C@@H](F)[C@@H]54)nc(OC[C@@]45CCCN4CC(=C(F)F)C5)nc3c2F)c1. The Morgan fingerprint density at radius 3 is 2.69 bits per heavy atom. The average molecular weight is 657 g/mol. The number of fused-ring (bicyclic) bond motifs is 3. The van der Waals surface area contributed by atoms with E-state index in [0.29, 0.717) is 32.4 Å². The van der Waals surface area contributed by atoms with Gasteiger partial charge in [-0.3, -0.25) is 9.88 Å². The first-order chi connectivity index (χ1) is 21.4. The molecule has 7 nitrogen and oxygen atoms in total. The summed E-state index contributed by atoms with van der Waals surface area (Å²) >= 11 is 5.93. The van der Waals surface area contributed by atoms with Crippen LogP contribution in [0, 0.1) is 11.7 Å². The van der Waals surface area contributed by atoms with Crippen LogP contribution in [-0.2, 0) is 6.18 Å². The molecule has 3 saturated heterocycles. The van der Waals surface area contributed by atoms with Gasteiger partial charge in [0, 0.05) is 42.0 Å². The van der Waals surface area contributed by atoms with E-state index in [1.807, 2.05) is 4.90 Å². The van der Waals surface area contributed by atoms with E-state index in [0.717, 1.165) is 31.2 Å². The minimum atomic E-state index is -4.96. The fourth-order valence-electron chi connectivity index (χ4n) is 7.37. The van der Waals surface area contributed by atoms with Crippen LogP contribution in [0.3, 0.4) is 0 Å². The van der Waals surface area contributed by atoms with E-state index in [2.05, 4.69) is 15.0 Å². The number of alkyl halides is 4. The van der Waals surface area contributed by atoms with Gasteiger partial charge in [-0.05, 0) is 50.8 Å². The maximum atomic E-state index is 16.4. The first-order valence-corrected chi connectivity index (χ1v) is 15.1. The molecule has 4 fully saturated rings. The second-order valence-electron chi connectivity index (χ2n) is 12.3. The Morgan fingerprint density at radius 2 is 1.93 bits per heavy atom. The van der Waals surface area contributed by atoms with Crippen LogP contribution < -0.4 is 15.4 Å². The molecular formula is C30H28ClF7N6O. The zero-order valence-electron chi connectivity index (χ0n) is 23.8. The number of benzene rings is 1. The van der Waals surface area contributed by atoms with Gasteiger partial charge < -0.3 is 15.4 Å². The van der Waals surface area contributed by atoms with Crippen LogP contribution in [0.2, 0.25) is 5.02 Å². The van der Waals surface area contributed by atoms with Gasteiger partial charge in [-0.2, -0.15) is 31.9 Å². The summed E-state index contributed by atoms with van der Waals surface area (Å²) in [6.45, 7) is 1.04. The Kier molecular flexibility index (Phi) is 7.30. The van der Waals surface area contributed by atoms with Gasteiger partial charge in [-0.25, -0.2) is 8.78 Å². The first kappa shape index (κ1) is 30.3. The maximum absolute atomic E-state index is 16.4. The van der Waals surface area contributed by atoms with Crippen molar-refractivity contribution in [1.29, 1.82) is 0 Å². The van der Waals surface area contributed by atoms with Gasteiger partial charge in [0.15, 0.2) is 5.82 Å². The summed E-state index contributed by atoms with van der Waals surface area (Å²) in [6.07, 6.45) is -3.01. The standard InChI is InChI=1S/C30H28ClF7N6O/c31-19-9-15(39)8-17(20(19)30(36,37)38)23-22(33)24-18(11-40-23)27(44-7-2-1-4-16-21(32)25(16)44)42-28(41-24)45-13-29-5-3-6-43(29)12-14(10-29)26(34)35/h8-9,11,16,21,25H,1-7,10,12-13,39H2/t16-,21-,25-,29+/m1/s1. The Bertz CT molecular complexity index is 1720. The molecule has 0 unspecified atom stereocenters. The van der Waals surface area contributed by atoms with Gasteiger partial charge >= 0.3 is 12.2 Å². The predicted octanol–water partition coefficient (Wildman–Crippen LogP) is 7.18. The number of rotatable bonds is 5. The summed E-state index contributed by atoms with van der Waals surface area (Å²) in [7, 11) is 0. The zero-order valence-corrected chi connectivity index (χ0v) is 24.5. The second kappa shape index (κ2) is 10.9. The minimum absolute atomic E-state index is 0.0276. The van der Waals surface area contributed by atoms with Crippen molar-refractivity contribution >= 4 is 34.0 Å². The summed E-state index contributed by atoms with van der Waals surface area (Å²) in [5.41, 5.74) is 1.90. The van der Waals surface area contributed by atoms with Gasteiger partial charge in [0.25, 0.3) is 6.08 Å². The third-order valence-corrected chi connectivity index (χ3v) is 9.85. The molecule has 7 rings (SSSR count). The summed E-state index contributed by atoms with van der Waals surface area (Å²) in [5, 5.41) is -0.655. The van der Waals surface area contributed by atoms with Crippen molar-refractivity contribution in [2.75, 3.05) is 36.9 Å². The van der Waals surface area contributed by atoms with E-state index in [1.54, 1.807) is 4.90 Å². The number of hydrogen-bond donors (Lipinski definition) is 1. The molecule has 240 valence electrons. The van der Waals surface area contributed by atoms with E-state index >= 15 is 4.39 Å². The second-order valence-corrected chi connectivity index (χ2v) is 12.7. The molecule has 2 aromatic heterocycles. The topological polar surface area (TPSA) is 80.4 Å². The molecule has 4 atom stereocenters. The molecule has 0 spiro atoms. The Balaban J connectivity index is 1.35. The van der Waals surface area contributed by atoms with Crippen molar-refractivity contribution in [3.05, 3.63) is 46.4 Å². The summed E-state index contributed by atoms with van der Waals surface area (Å²) < 4.78 is 107. The quantitative estimate of drug-likeness (QED) is 0.230. The number of aromatic nitrogens is 3. The molecule has 15 heteroatoms. The number of ether oxygens (including phenoxy) is 1. The van der Waals surface area contributed by atoms with Crippen molar-refractivity contribution in [1.82, 2.24) is 19.9 Å². The number of pyridine rings is 1. The lowest BCUT2D eigenvalue weighted by Gasteiger charge is -2.31. The molecule has 0 amide bonds. The lowest BCUT2D eigenvalue weighted by atomic mass is 9.94. The highest BCUT2D eigenvalue weighted by atomic mass is 35.5. The van der Waals surface area contributed by atoms with Crippen molar-refractivity contribution in [3.63, 3.8) is 0 Å². The summed E-state index contributed by atoms with van der Waals surface area (Å²) in [6, 6.07) is 1.05. The normalized spacial score (nSPS) is 26.6. The van der Waals surface area contributed by atoms with E-state index in [1.165, 1.54) is 0 Å². The van der Waals surface area contributed by atoms with Crippen LogP contribution in [-0.4, -0.2) is 63.8 Å². The molecule has 1 aromatic carbocycles. The van der Waals surface area contributed by atoms with Crippen LogP contribution in [0.15, 0.2) is 30.0 Å². The predicted molar refractivity (Wildman–Crippen MR) is 153 cm³/mol. The van der Waals surface area contributed by atoms with E-state index < -0.39 is 57.7 Å².